The van der Waals surface area contributed by atoms with E-state index in [-0.39, 0.29) is 23.3 Å². The van der Waals surface area contributed by atoms with Crippen molar-refractivity contribution in [1.29, 1.82) is 0 Å². The molecular weight excluding hydrogens is 252 g/mol. The molecule has 3 nitrogen and oxygen atoms in total. The number of rotatable bonds is 6. The molecule has 2 aliphatic rings. The third-order valence-corrected chi connectivity index (χ3v) is 4.91. The standard InChI is InChI=1S/C17H28O3/c1-5-8-9-13(4)11-16(6-2)12-17(7-3)14(19-16)10-15(18)20-17/h8-9,13-14H,5-7,10-12H2,1-4H3/b9-8+/t13-,14+,16+,17+/m0/s1. The predicted octanol–water partition coefficient (Wildman–Crippen LogP) is 4.01. The first-order valence-electron chi connectivity index (χ1n) is 8.05. The Labute approximate surface area is 122 Å². The summed E-state index contributed by atoms with van der Waals surface area (Å²) in [5.41, 5.74) is -0.486. The maximum atomic E-state index is 11.6. The Morgan fingerprint density at radius 1 is 1.35 bits per heavy atom. The van der Waals surface area contributed by atoms with Crippen molar-refractivity contribution in [2.45, 2.75) is 83.5 Å². The molecule has 0 bridgehead atoms. The quantitative estimate of drug-likeness (QED) is 0.544. The molecule has 0 aromatic carbocycles. The fourth-order valence-corrected chi connectivity index (χ4v) is 3.78. The van der Waals surface area contributed by atoms with Crippen molar-refractivity contribution in [3.05, 3.63) is 12.2 Å². The van der Waals surface area contributed by atoms with Gasteiger partial charge in [-0.15, -0.1) is 0 Å². The van der Waals surface area contributed by atoms with E-state index in [0.717, 1.165) is 32.1 Å². The van der Waals surface area contributed by atoms with Crippen LogP contribution in [0.3, 0.4) is 0 Å². The Bertz CT molecular complexity index is 390. The summed E-state index contributed by atoms with van der Waals surface area (Å²) in [5.74, 6) is 0.402. The Morgan fingerprint density at radius 2 is 2.10 bits per heavy atom. The number of ether oxygens (including phenoxy) is 2. The molecular formula is C17H28O3. The van der Waals surface area contributed by atoms with Crippen LogP contribution in [-0.4, -0.2) is 23.3 Å². The summed E-state index contributed by atoms with van der Waals surface area (Å²) in [4.78, 5) is 11.6. The molecule has 0 saturated carbocycles. The second kappa shape index (κ2) is 5.88. The number of fused-ring (bicyclic) bond motifs is 1. The zero-order valence-corrected chi connectivity index (χ0v) is 13.3. The molecule has 0 unspecified atom stereocenters. The minimum Gasteiger partial charge on any atom is -0.456 e. The summed E-state index contributed by atoms with van der Waals surface area (Å²) in [6, 6.07) is 0. The van der Waals surface area contributed by atoms with Crippen LogP contribution >= 0.6 is 0 Å². The van der Waals surface area contributed by atoms with Crippen LogP contribution in [-0.2, 0) is 14.3 Å². The molecule has 3 heteroatoms. The number of hydrogen-bond acceptors (Lipinski definition) is 3. The summed E-state index contributed by atoms with van der Waals surface area (Å²) in [6.45, 7) is 8.68. The fraction of sp³-hybridized carbons (Fsp3) is 0.824. The van der Waals surface area contributed by atoms with Crippen molar-refractivity contribution in [2.75, 3.05) is 0 Å². The van der Waals surface area contributed by atoms with Gasteiger partial charge in [0.25, 0.3) is 0 Å². The molecule has 0 aromatic heterocycles. The van der Waals surface area contributed by atoms with Crippen molar-refractivity contribution in [3.8, 4) is 0 Å². The van der Waals surface area contributed by atoms with Gasteiger partial charge in [0.2, 0.25) is 0 Å². The van der Waals surface area contributed by atoms with Crippen LogP contribution in [0.15, 0.2) is 12.2 Å². The van der Waals surface area contributed by atoms with E-state index in [9.17, 15) is 4.79 Å². The van der Waals surface area contributed by atoms with Crippen LogP contribution < -0.4 is 0 Å². The summed E-state index contributed by atoms with van der Waals surface area (Å²) >= 11 is 0. The van der Waals surface area contributed by atoms with Crippen molar-refractivity contribution in [3.63, 3.8) is 0 Å². The molecule has 0 N–H and O–H groups in total. The molecule has 2 fully saturated rings. The van der Waals surface area contributed by atoms with E-state index in [1.807, 2.05) is 0 Å². The van der Waals surface area contributed by atoms with Crippen molar-refractivity contribution >= 4 is 5.97 Å². The highest BCUT2D eigenvalue weighted by Crippen LogP contribution is 2.51. The highest BCUT2D eigenvalue weighted by Gasteiger charge is 2.60. The second-order valence-corrected chi connectivity index (χ2v) is 6.43. The van der Waals surface area contributed by atoms with Gasteiger partial charge in [0.1, 0.15) is 11.7 Å². The van der Waals surface area contributed by atoms with Gasteiger partial charge in [-0.1, -0.05) is 39.8 Å². The smallest absolute Gasteiger partial charge is 0.309 e. The zero-order chi connectivity index (χ0) is 14.8. The minimum absolute atomic E-state index is 0.0395. The molecule has 114 valence electrons. The van der Waals surface area contributed by atoms with E-state index in [1.54, 1.807) is 0 Å². The number of carbonyl (C=O) groups excluding carboxylic acids is 1. The average Bonchev–Trinajstić information content (AvgIpc) is 2.86. The Kier molecular flexibility index (Phi) is 4.58. The van der Waals surface area contributed by atoms with Gasteiger partial charge >= 0.3 is 5.97 Å². The van der Waals surface area contributed by atoms with Crippen LogP contribution in [0.2, 0.25) is 0 Å². The van der Waals surface area contributed by atoms with Gasteiger partial charge in [0.05, 0.1) is 12.0 Å². The lowest BCUT2D eigenvalue weighted by Gasteiger charge is -2.31. The highest BCUT2D eigenvalue weighted by molar-refractivity contribution is 5.73. The summed E-state index contributed by atoms with van der Waals surface area (Å²) in [5, 5.41) is 0. The van der Waals surface area contributed by atoms with E-state index in [1.165, 1.54) is 0 Å². The van der Waals surface area contributed by atoms with Crippen LogP contribution in [0.4, 0.5) is 0 Å². The van der Waals surface area contributed by atoms with Crippen molar-refractivity contribution in [2.24, 2.45) is 5.92 Å². The molecule has 0 radical (unpaired) electrons. The number of carbonyl (C=O) groups is 1. The minimum atomic E-state index is -0.360. The molecule has 2 rings (SSSR count). The van der Waals surface area contributed by atoms with Gasteiger partial charge < -0.3 is 9.47 Å². The number of esters is 1. The van der Waals surface area contributed by atoms with Crippen molar-refractivity contribution < 1.29 is 14.3 Å². The van der Waals surface area contributed by atoms with Gasteiger partial charge in [0.15, 0.2) is 0 Å². The molecule has 0 aromatic rings. The Hall–Kier alpha value is -0.830. The maximum absolute atomic E-state index is 11.6. The third-order valence-electron chi connectivity index (χ3n) is 4.91. The molecule has 0 aliphatic carbocycles. The molecule has 2 aliphatic heterocycles. The van der Waals surface area contributed by atoms with Crippen LogP contribution in [0.5, 0.6) is 0 Å². The molecule has 0 amide bonds. The van der Waals surface area contributed by atoms with E-state index >= 15 is 0 Å². The van der Waals surface area contributed by atoms with E-state index in [2.05, 4.69) is 39.8 Å². The second-order valence-electron chi connectivity index (χ2n) is 6.43. The van der Waals surface area contributed by atoms with E-state index in [0.29, 0.717) is 12.3 Å². The molecule has 2 saturated heterocycles. The Balaban J connectivity index is 2.11. The predicted molar refractivity (Wildman–Crippen MR) is 79.5 cm³/mol. The lowest BCUT2D eigenvalue weighted by molar-refractivity contribution is -0.149. The van der Waals surface area contributed by atoms with Gasteiger partial charge in [-0.3, -0.25) is 4.79 Å². The summed E-state index contributed by atoms with van der Waals surface area (Å²) in [6.07, 6.45) is 9.65. The van der Waals surface area contributed by atoms with Gasteiger partial charge in [-0.2, -0.15) is 0 Å². The van der Waals surface area contributed by atoms with Crippen LogP contribution in [0.25, 0.3) is 0 Å². The number of hydrogen-bond donors (Lipinski definition) is 0. The topological polar surface area (TPSA) is 35.5 Å². The molecule has 0 spiro atoms. The molecule has 2 heterocycles. The monoisotopic (exact) mass is 280 g/mol. The SMILES string of the molecule is CC/C=C/[C@H](C)C[C@]1(CC)C[C@@]2(CC)OC(=O)C[C@H]2O1. The van der Waals surface area contributed by atoms with Crippen molar-refractivity contribution in [1.82, 2.24) is 0 Å². The molecule has 20 heavy (non-hydrogen) atoms. The first-order chi connectivity index (χ1) is 9.49. The Morgan fingerprint density at radius 3 is 2.65 bits per heavy atom. The largest absolute Gasteiger partial charge is 0.456 e. The fourth-order valence-electron chi connectivity index (χ4n) is 3.78. The first kappa shape index (κ1) is 15.6. The maximum Gasteiger partial charge on any atom is 0.309 e. The van der Waals surface area contributed by atoms with Gasteiger partial charge in [0, 0.05) is 6.42 Å². The third kappa shape index (κ3) is 2.78. The molecule has 4 atom stereocenters. The lowest BCUT2D eigenvalue weighted by atomic mass is 9.80. The zero-order valence-electron chi connectivity index (χ0n) is 13.3. The first-order valence-corrected chi connectivity index (χ1v) is 8.05. The van der Waals surface area contributed by atoms with Gasteiger partial charge in [-0.25, -0.2) is 0 Å². The summed E-state index contributed by atoms with van der Waals surface area (Å²) < 4.78 is 12.0. The van der Waals surface area contributed by atoms with E-state index < -0.39 is 0 Å². The van der Waals surface area contributed by atoms with Crippen LogP contribution in [0.1, 0.15) is 66.2 Å². The lowest BCUT2D eigenvalue weighted by Crippen LogP contribution is -2.36. The van der Waals surface area contributed by atoms with Crippen LogP contribution in [0, 0.1) is 5.92 Å². The highest BCUT2D eigenvalue weighted by atomic mass is 16.6. The summed E-state index contributed by atoms with van der Waals surface area (Å²) in [7, 11) is 0. The van der Waals surface area contributed by atoms with Gasteiger partial charge in [-0.05, 0) is 31.6 Å². The van der Waals surface area contributed by atoms with E-state index in [4.69, 9.17) is 9.47 Å². The average molecular weight is 280 g/mol. The normalized spacial score (nSPS) is 38.2. The number of allylic oxidation sites excluding steroid dienone is 2.